The van der Waals surface area contributed by atoms with Crippen LogP contribution in [-0.2, 0) is 11.2 Å². The predicted molar refractivity (Wildman–Crippen MR) is 99.3 cm³/mol. The van der Waals surface area contributed by atoms with Gasteiger partial charge in [0.15, 0.2) is 0 Å². The highest BCUT2D eigenvalue weighted by Gasteiger charge is 2.35. The van der Waals surface area contributed by atoms with Gasteiger partial charge in [-0.1, -0.05) is 24.3 Å². The largest absolute Gasteiger partial charge is 0.393 e. The number of nitrogens with one attached hydrogen (secondary N) is 1. The zero-order valence-corrected chi connectivity index (χ0v) is 14.4. The summed E-state index contributed by atoms with van der Waals surface area (Å²) in [5, 5.41) is 13.9. The Morgan fingerprint density at radius 3 is 2.81 bits per heavy atom. The average molecular weight is 347 g/mol. The zero-order valence-electron chi connectivity index (χ0n) is 14.4. The van der Waals surface area contributed by atoms with E-state index in [2.05, 4.69) is 21.4 Å². The van der Waals surface area contributed by atoms with Crippen LogP contribution in [0.5, 0.6) is 0 Å². The minimum absolute atomic E-state index is 0.0439. The molecule has 2 heterocycles. The molecule has 1 amide bonds. The standard InChI is InChI=1S/C21H21N3O2/c25-18-10-16(11-18)21(24-20(26)8-14-4-3-7-22-12-14)17-9-15-5-1-2-6-19(15)23-13-17/h1-7,9,12-13,16,18,21,25H,8,10-11H2,(H,24,26)/t16?,18?,21-/m0/s1. The van der Waals surface area contributed by atoms with E-state index < -0.39 is 0 Å². The number of carbonyl (C=O) groups is 1. The maximum Gasteiger partial charge on any atom is 0.224 e. The van der Waals surface area contributed by atoms with Crippen LogP contribution >= 0.6 is 0 Å². The number of aromatic nitrogens is 2. The Kier molecular flexibility index (Phi) is 4.63. The van der Waals surface area contributed by atoms with Crippen LogP contribution in [0.3, 0.4) is 0 Å². The van der Waals surface area contributed by atoms with E-state index in [-0.39, 0.29) is 24.0 Å². The Balaban J connectivity index is 1.56. The summed E-state index contributed by atoms with van der Waals surface area (Å²) in [5.74, 6) is 0.184. The van der Waals surface area contributed by atoms with Gasteiger partial charge < -0.3 is 10.4 Å². The van der Waals surface area contributed by atoms with Gasteiger partial charge >= 0.3 is 0 Å². The van der Waals surface area contributed by atoms with Crippen molar-refractivity contribution in [2.75, 3.05) is 0 Å². The molecule has 0 spiro atoms. The first-order valence-corrected chi connectivity index (χ1v) is 8.90. The molecule has 5 heteroatoms. The number of amides is 1. The van der Waals surface area contributed by atoms with Gasteiger partial charge in [-0.25, -0.2) is 0 Å². The van der Waals surface area contributed by atoms with E-state index in [0.717, 1.165) is 22.0 Å². The Morgan fingerprint density at radius 2 is 2.04 bits per heavy atom. The molecule has 1 aliphatic carbocycles. The summed E-state index contributed by atoms with van der Waals surface area (Å²) in [5.41, 5.74) is 2.81. The minimum atomic E-state index is -0.272. The number of para-hydroxylation sites is 1. The highest BCUT2D eigenvalue weighted by molar-refractivity contribution is 5.80. The number of aliphatic hydroxyl groups excluding tert-OH is 1. The van der Waals surface area contributed by atoms with Gasteiger partial charge in [-0.15, -0.1) is 0 Å². The molecule has 3 aromatic rings. The second-order valence-electron chi connectivity index (χ2n) is 6.93. The number of pyridine rings is 2. The molecule has 0 radical (unpaired) electrons. The van der Waals surface area contributed by atoms with Crippen LogP contribution in [0.4, 0.5) is 0 Å². The maximum atomic E-state index is 12.6. The number of hydrogen-bond donors (Lipinski definition) is 2. The van der Waals surface area contributed by atoms with Crippen molar-refractivity contribution < 1.29 is 9.90 Å². The first-order valence-electron chi connectivity index (χ1n) is 8.90. The molecule has 5 nitrogen and oxygen atoms in total. The average Bonchev–Trinajstić information content (AvgIpc) is 2.64. The van der Waals surface area contributed by atoms with E-state index in [9.17, 15) is 9.90 Å². The van der Waals surface area contributed by atoms with Crippen molar-refractivity contribution in [3.8, 4) is 0 Å². The number of benzene rings is 1. The van der Waals surface area contributed by atoms with Crippen molar-refractivity contribution >= 4 is 16.8 Å². The van der Waals surface area contributed by atoms with Crippen molar-refractivity contribution in [3.05, 3.63) is 72.2 Å². The molecule has 2 aromatic heterocycles. The summed E-state index contributed by atoms with van der Waals surface area (Å²) in [6.45, 7) is 0. The highest BCUT2D eigenvalue weighted by Crippen LogP contribution is 2.38. The van der Waals surface area contributed by atoms with E-state index >= 15 is 0 Å². The molecule has 132 valence electrons. The quantitative estimate of drug-likeness (QED) is 0.744. The van der Waals surface area contributed by atoms with Gasteiger partial charge in [-0.05, 0) is 48.1 Å². The van der Waals surface area contributed by atoms with Crippen LogP contribution in [-0.4, -0.2) is 27.1 Å². The summed E-state index contributed by atoms with van der Waals surface area (Å²) in [6.07, 6.45) is 6.66. The molecule has 1 aromatic carbocycles. The normalized spacial score (nSPS) is 20.3. The second-order valence-corrected chi connectivity index (χ2v) is 6.93. The number of carbonyl (C=O) groups excluding carboxylic acids is 1. The number of nitrogens with zero attached hydrogens (tertiary/aromatic N) is 2. The molecule has 2 N–H and O–H groups in total. The van der Waals surface area contributed by atoms with E-state index in [0.29, 0.717) is 19.3 Å². The number of rotatable bonds is 5. The molecule has 0 bridgehead atoms. The molecule has 0 unspecified atom stereocenters. The van der Waals surface area contributed by atoms with Crippen molar-refractivity contribution in [1.82, 2.24) is 15.3 Å². The van der Waals surface area contributed by atoms with E-state index in [4.69, 9.17) is 0 Å². The summed E-state index contributed by atoms with van der Waals surface area (Å²) >= 11 is 0. The summed E-state index contributed by atoms with van der Waals surface area (Å²) in [6, 6.07) is 13.6. The smallest absolute Gasteiger partial charge is 0.224 e. The lowest BCUT2D eigenvalue weighted by atomic mass is 9.75. The Hall–Kier alpha value is -2.79. The third-order valence-electron chi connectivity index (χ3n) is 5.00. The number of hydrogen-bond acceptors (Lipinski definition) is 4. The van der Waals surface area contributed by atoms with Gasteiger partial charge in [0, 0.05) is 24.0 Å². The molecule has 0 saturated heterocycles. The van der Waals surface area contributed by atoms with Crippen molar-refractivity contribution in [2.45, 2.75) is 31.4 Å². The lowest BCUT2D eigenvalue weighted by molar-refractivity contribution is -0.122. The predicted octanol–water partition coefficient (Wildman–Crippen LogP) is 2.80. The Labute approximate surface area is 152 Å². The van der Waals surface area contributed by atoms with Crippen LogP contribution in [0.1, 0.15) is 30.0 Å². The Morgan fingerprint density at radius 1 is 1.19 bits per heavy atom. The molecule has 1 fully saturated rings. The Bertz CT molecular complexity index is 907. The number of fused-ring (bicyclic) bond motifs is 1. The van der Waals surface area contributed by atoms with Crippen LogP contribution in [0.15, 0.2) is 61.1 Å². The molecular formula is C21H21N3O2. The first kappa shape index (κ1) is 16.7. The van der Waals surface area contributed by atoms with Gasteiger partial charge in [-0.2, -0.15) is 0 Å². The van der Waals surface area contributed by atoms with Gasteiger partial charge in [-0.3, -0.25) is 14.8 Å². The monoisotopic (exact) mass is 347 g/mol. The molecule has 26 heavy (non-hydrogen) atoms. The fourth-order valence-electron chi connectivity index (χ4n) is 3.55. The van der Waals surface area contributed by atoms with E-state index in [1.54, 1.807) is 12.4 Å². The fourth-order valence-corrected chi connectivity index (χ4v) is 3.55. The summed E-state index contributed by atoms with van der Waals surface area (Å²) < 4.78 is 0. The maximum absolute atomic E-state index is 12.6. The van der Waals surface area contributed by atoms with Crippen molar-refractivity contribution in [3.63, 3.8) is 0 Å². The summed E-state index contributed by atoms with van der Waals surface area (Å²) in [4.78, 5) is 21.2. The van der Waals surface area contributed by atoms with Gasteiger partial charge in [0.1, 0.15) is 0 Å². The molecule has 1 atom stereocenters. The van der Waals surface area contributed by atoms with Crippen LogP contribution in [0.25, 0.3) is 10.9 Å². The van der Waals surface area contributed by atoms with Gasteiger partial charge in [0.05, 0.1) is 24.1 Å². The SMILES string of the molecule is O=C(Cc1cccnc1)N[C@H](c1cnc2ccccc2c1)C1CC(O)C1. The molecule has 4 rings (SSSR count). The molecule has 1 saturated carbocycles. The van der Waals surface area contributed by atoms with E-state index in [1.807, 2.05) is 42.6 Å². The number of aliphatic hydroxyl groups is 1. The highest BCUT2D eigenvalue weighted by atomic mass is 16.3. The van der Waals surface area contributed by atoms with E-state index in [1.165, 1.54) is 0 Å². The van der Waals surface area contributed by atoms with Crippen molar-refractivity contribution in [2.24, 2.45) is 5.92 Å². The van der Waals surface area contributed by atoms with Crippen LogP contribution < -0.4 is 5.32 Å². The summed E-state index contributed by atoms with van der Waals surface area (Å²) in [7, 11) is 0. The first-order chi connectivity index (χ1) is 12.7. The third kappa shape index (κ3) is 3.58. The van der Waals surface area contributed by atoms with Crippen LogP contribution in [0.2, 0.25) is 0 Å². The van der Waals surface area contributed by atoms with Gasteiger partial charge in [0.2, 0.25) is 5.91 Å². The fraction of sp³-hybridized carbons (Fsp3) is 0.286. The van der Waals surface area contributed by atoms with Crippen LogP contribution in [0, 0.1) is 5.92 Å². The molecular weight excluding hydrogens is 326 g/mol. The zero-order chi connectivity index (χ0) is 17.9. The topological polar surface area (TPSA) is 75.1 Å². The molecule has 1 aliphatic rings. The van der Waals surface area contributed by atoms with Crippen molar-refractivity contribution in [1.29, 1.82) is 0 Å². The third-order valence-corrected chi connectivity index (χ3v) is 5.00. The van der Waals surface area contributed by atoms with Gasteiger partial charge in [0.25, 0.3) is 0 Å². The molecule has 0 aliphatic heterocycles. The lowest BCUT2D eigenvalue weighted by Gasteiger charge is -2.38. The second kappa shape index (κ2) is 7.22. The minimum Gasteiger partial charge on any atom is -0.393 e. The lowest BCUT2D eigenvalue weighted by Crippen LogP contribution is -2.42.